The zero-order chi connectivity index (χ0) is 22.7. The van der Waals surface area contributed by atoms with E-state index in [9.17, 15) is 12.6 Å². The normalized spacial score (nSPS) is 13.5. The summed E-state index contributed by atoms with van der Waals surface area (Å²) in [5.41, 5.74) is 2.49. The molecule has 160 valence electrons. The van der Waals surface area contributed by atoms with Gasteiger partial charge in [-0.25, -0.2) is 4.21 Å². The van der Waals surface area contributed by atoms with Gasteiger partial charge in [0, 0.05) is 10.8 Å². The molecule has 3 aromatic carbocycles. The summed E-state index contributed by atoms with van der Waals surface area (Å²) < 4.78 is 43.6. The molecule has 0 aliphatic rings. The fourth-order valence-corrected chi connectivity index (χ4v) is 6.10. The lowest BCUT2D eigenvalue weighted by Gasteiger charge is -2.19. The van der Waals surface area contributed by atoms with Gasteiger partial charge in [0.25, 0.3) is 10.0 Å². The fraction of sp³-hybridized carbons (Fsp3) is 0.200. The molecule has 0 aliphatic heterocycles. The van der Waals surface area contributed by atoms with Crippen molar-refractivity contribution in [2.75, 3.05) is 0 Å². The van der Waals surface area contributed by atoms with Crippen molar-refractivity contribution in [1.82, 2.24) is 0 Å². The molecular weight excluding hydrogens is 426 g/mol. The average molecular weight is 452 g/mol. The zero-order valence-electron chi connectivity index (χ0n) is 18.0. The van der Waals surface area contributed by atoms with Crippen LogP contribution in [0.3, 0.4) is 0 Å². The second-order valence-corrected chi connectivity index (χ2v) is 12.0. The standard InChI is InChI=1S/C25H25NO3S2/c1-20-10-14-24(15-11-20)31(28,29)26-30(27,19-18-21-8-6-5-7-9-21)23-16-12-22(13-17-23)25(2,3)4/h5-17H,1-4H3. The number of nitrogens with zero attached hydrogens (tertiary/aromatic N) is 1. The monoisotopic (exact) mass is 451 g/mol. The first-order valence-corrected chi connectivity index (χ1v) is 12.7. The first-order chi connectivity index (χ1) is 14.5. The molecule has 0 aromatic heterocycles. The Morgan fingerprint density at radius 1 is 0.742 bits per heavy atom. The molecule has 3 aromatic rings. The van der Waals surface area contributed by atoms with Gasteiger partial charge in [-0.05, 0) is 54.3 Å². The van der Waals surface area contributed by atoms with Crippen molar-refractivity contribution < 1.29 is 12.6 Å². The molecule has 0 saturated carbocycles. The summed E-state index contributed by atoms with van der Waals surface area (Å²) in [5, 5.41) is 2.66. The third-order valence-electron chi connectivity index (χ3n) is 4.67. The topological polar surface area (TPSA) is 63.6 Å². The largest absolute Gasteiger partial charge is 0.291 e. The van der Waals surface area contributed by atoms with Gasteiger partial charge in [-0.15, -0.1) is 0 Å². The summed E-state index contributed by atoms with van der Waals surface area (Å²) in [6, 6.07) is 22.3. The maximum absolute atomic E-state index is 13.9. The maximum Gasteiger partial charge on any atom is 0.291 e. The molecule has 0 spiro atoms. The van der Waals surface area contributed by atoms with Crippen LogP contribution in [0.4, 0.5) is 0 Å². The molecule has 0 fully saturated rings. The van der Waals surface area contributed by atoms with Crippen LogP contribution >= 0.6 is 0 Å². The van der Waals surface area contributed by atoms with Crippen molar-refractivity contribution in [2.45, 2.75) is 42.9 Å². The number of aryl methyl sites for hydroxylation is 1. The molecule has 31 heavy (non-hydrogen) atoms. The van der Waals surface area contributed by atoms with Gasteiger partial charge >= 0.3 is 0 Å². The first-order valence-electron chi connectivity index (χ1n) is 9.78. The van der Waals surface area contributed by atoms with E-state index in [2.05, 4.69) is 35.7 Å². The second-order valence-electron chi connectivity index (χ2n) is 8.26. The Hall–Kier alpha value is -2.88. The summed E-state index contributed by atoms with van der Waals surface area (Å²) in [4.78, 5) is 0.248. The quantitative estimate of drug-likeness (QED) is 0.493. The summed E-state index contributed by atoms with van der Waals surface area (Å²) in [6.45, 7) is 8.07. The van der Waals surface area contributed by atoms with E-state index in [1.54, 1.807) is 36.4 Å². The van der Waals surface area contributed by atoms with Crippen LogP contribution in [-0.4, -0.2) is 12.6 Å². The Balaban J connectivity index is 2.19. The average Bonchev–Trinajstić information content (AvgIpc) is 2.72. The van der Waals surface area contributed by atoms with Crippen molar-refractivity contribution in [3.05, 3.63) is 95.6 Å². The van der Waals surface area contributed by atoms with Crippen LogP contribution in [0.1, 0.15) is 37.5 Å². The van der Waals surface area contributed by atoms with Crippen LogP contribution in [0.25, 0.3) is 0 Å². The molecule has 1 unspecified atom stereocenters. The lowest BCUT2D eigenvalue weighted by atomic mass is 9.87. The van der Waals surface area contributed by atoms with Crippen LogP contribution < -0.4 is 0 Å². The van der Waals surface area contributed by atoms with Gasteiger partial charge in [0.2, 0.25) is 0 Å². The summed E-state index contributed by atoms with van der Waals surface area (Å²) >= 11 is 0. The van der Waals surface area contributed by atoms with Crippen molar-refractivity contribution in [1.29, 1.82) is 0 Å². The Labute approximate surface area is 185 Å². The Morgan fingerprint density at radius 3 is 1.84 bits per heavy atom. The van der Waals surface area contributed by atoms with E-state index in [4.69, 9.17) is 0 Å². The molecule has 0 aliphatic carbocycles. The van der Waals surface area contributed by atoms with E-state index < -0.39 is 19.8 Å². The molecule has 0 heterocycles. The highest BCUT2D eigenvalue weighted by molar-refractivity contribution is 8.06. The minimum Gasteiger partial charge on any atom is -0.230 e. The third-order valence-corrected chi connectivity index (χ3v) is 8.45. The molecule has 0 saturated heterocycles. The smallest absolute Gasteiger partial charge is 0.230 e. The SMILES string of the molecule is Cc1ccc(S(=O)(=O)N=S(=O)(C#Cc2ccccc2)c2ccc(C(C)(C)C)cc2)cc1. The molecular formula is C25H25NO3S2. The lowest BCUT2D eigenvalue weighted by Crippen LogP contribution is -2.11. The van der Waals surface area contributed by atoms with Gasteiger partial charge in [0.05, 0.1) is 9.79 Å². The molecule has 3 rings (SSSR count). The molecule has 4 nitrogen and oxygen atoms in total. The molecule has 1 atom stereocenters. The van der Waals surface area contributed by atoms with Crippen molar-refractivity contribution in [3.8, 4) is 11.2 Å². The van der Waals surface area contributed by atoms with Crippen molar-refractivity contribution in [2.24, 2.45) is 3.77 Å². The van der Waals surface area contributed by atoms with Gasteiger partial charge in [-0.2, -0.15) is 8.42 Å². The second kappa shape index (κ2) is 8.70. The number of rotatable bonds is 3. The highest BCUT2D eigenvalue weighted by Crippen LogP contribution is 2.26. The highest BCUT2D eigenvalue weighted by Gasteiger charge is 2.21. The van der Waals surface area contributed by atoms with Crippen LogP contribution in [0.5, 0.6) is 0 Å². The van der Waals surface area contributed by atoms with Crippen LogP contribution in [0, 0.1) is 18.1 Å². The van der Waals surface area contributed by atoms with E-state index in [-0.39, 0.29) is 15.2 Å². The van der Waals surface area contributed by atoms with Gasteiger partial charge in [0.15, 0.2) is 9.73 Å². The zero-order valence-corrected chi connectivity index (χ0v) is 19.6. The fourth-order valence-electron chi connectivity index (χ4n) is 2.80. The van der Waals surface area contributed by atoms with Gasteiger partial charge in [-0.1, -0.05) is 78.5 Å². The van der Waals surface area contributed by atoms with E-state index in [0.717, 1.165) is 11.1 Å². The van der Waals surface area contributed by atoms with Crippen LogP contribution in [-0.2, 0) is 25.2 Å². The van der Waals surface area contributed by atoms with E-state index in [1.807, 2.05) is 37.3 Å². The third kappa shape index (κ3) is 5.63. The van der Waals surface area contributed by atoms with Crippen molar-refractivity contribution >= 4 is 19.8 Å². The minimum atomic E-state index is -4.18. The van der Waals surface area contributed by atoms with Gasteiger partial charge < -0.3 is 0 Å². The Morgan fingerprint density at radius 2 is 1.29 bits per heavy atom. The molecule has 6 heteroatoms. The number of hydrogen-bond donors (Lipinski definition) is 0. The van der Waals surface area contributed by atoms with Gasteiger partial charge in [-0.3, -0.25) is 0 Å². The van der Waals surface area contributed by atoms with E-state index in [0.29, 0.717) is 5.56 Å². The summed E-state index contributed by atoms with van der Waals surface area (Å²) in [5.74, 6) is 2.83. The first kappa shape index (κ1) is 22.8. The predicted octanol–water partition coefficient (Wildman–Crippen LogP) is 5.52. The lowest BCUT2D eigenvalue weighted by molar-refractivity contribution is 0.589. The molecule has 0 N–H and O–H groups in total. The summed E-state index contributed by atoms with van der Waals surface area (Å²) in [6.07, 6.45) is 0. The predicted molar refractivity (Wildman–Crippen MR) is 126 cm³/mol. The Bertz CT molecular complexity index is 1350. The molecule has 0 radical (unpaired) electrons. The summed E-state index contributed by atoms with van der Waals surface area (Å²) in [7, 11) is -7.75. The molecule has 0 bridgehead atoms. The highest BCUT2D eigenvalue weighted by atomic mass is 32.3. The van der Waals surface area contributed by atoms with Crippen LogP contribution in [0.2, 0.25) is 0 Å². The Kier molecular flexibility index (Phi) is 6.40. The maximum atomic E-state index is 13.9. The number of sulfonamides is 1. The van der Waals surface area contributed by atoms with E-state index in [1.165, 1.54) is 12.1 Å². The van der Waals surface area contributed by atoms with Crippen molar-refractivity contribution in [3.63, 3.8) is 0 Å². The molecule has 0 amide bonds. The number of benzene rings is 3. The van der Waals surface area contributed by atoms with Crippen LogP contribution in [0.15, 0.2) is 92.4 Å². The van der Waals surface area contributed by atoms with E-state index >= 15 is 0 Å². The number of hydrogen-bond acceptors (Lipinski definition) is 3. The van der Waals surface area contributed by atoms with Gasteiger partial charge in [0.1, 0.15) is 0 Å². The minimum absolute atomic E-state index is 0.0151.